The fourth-order valence-electron chi connectivity index (χ4n) is 0.377. The van der Waals surface area contributed by atoms with E-state index in [9.17, 15) is 4.79 Å². The van der Waals surface area contributed by atoms with Crippen LogP contribution in [0.1, 0.15) is 13.8 Å². The van der Waals surface area contributed by atoms with E-state index >= 15 is 0 Å². The topological polar surface area (TPSA) is 50.1 Å². The predicted octanol–water partition coefficient (Wildman–Crippen LogP) is 1.02. The zero-order valence-electron chi connectivity index (χ0n) is 6.00. The first-order valence-electron chi connectivity index (χ1n) is 2.93. The molecule has 0 aliphatic carbocycles. The molecule has 0 aliphatic rings. The van der Waals surface area contributed by atoms with E-state index in [-0.39, 0.29) is 6.10 Å². The molecule has 0 unspecified atom stereocenters. The molecule has 54 valence electrons. The van der Waals surface area contributed by atoms with Crippen molar-refractivity contribution < 1.29 is 9.53 Å². The number of rotatable bonds is 2. The van der Waals surface area contributed by atoms with Crippen LogP contribution in [0.3, 0.4) is 0 Å². The Morgan fingerprint density at radius 1 is 1.70 bits per heavy atom. The Kier molecular flexibility index (Phi) is 3.97. The van der Waals surface area contributed by atoms with Crippen molar-refractivity contribution >= 4 is 5.97 Å². The molecule has 0 aliphatic heterocycles. The van der Waals surface area contributed by atoms with E-state index in [4.69, 9.17) is 5.26 Å². The summed E-state index contributed by atoms with van der Waals surface area (Å²) >= 11 is 0. The van der Waals surface area contributed by atoms with E-state index < -0.39 is 5.97 Å². The van der Waals surface area contributed by atoms with Crippen LogP contribution in [-0.4, -0.2) is 12.1 Å². The van der Waals surface area contributed by atoms with Gasteiger partial charge in [-0.2, -0.15) is 5.26 Å². The first kappa shape index (κ1) is 8.70. The Labute approximate surface area is 59.9 Å². The van der Waals surface area contributed by atoms with Crippen LogP contribution < -0.4 is 0 Å². The third kappa shape index (κ3) is 4.85. The van der Waals surface area contributed by atoms with E-state index in [0.29, 0.717) is 0 Å². The minimum atomic E-state index is -0.475. The molecule has 3 nitrogen and oxygen atoms in total. The van der Waals surface area contributed by atoms with Crippen molar-refractivity contribution in [3.8, 4) is 6.07 Å². The number of ether oxygens (including phenoxy) is 1. The summed E-state index contributed by atoms with van der Waals surface area (Å²) in [4.78, 5) is 10.6. The molecule has 0 aromatic carbocycles. The van der Waals surface area contributed by atoms with Crippen molar-refractivity contribution in [3.05, 3.63) is 12.2 Å². The normalized spacial score (nSPS) is 9.80. The van der Waals surface area contributed by atoms with Crippen molar-refractivity contribution in [2.75, 3.05) is 0 Å². The molecule has 0 bridgehead atoms. The van der Waals surface area contributed by atoms with Gasteiger partial charge in [0.2, 0.25) is 0 Å². The second kappa shape index (κ2) is 4.57. The van der Waals surface area contributed by atoms with E-state index in [1.54, 1.807) is 19.9 Å². The van der Waals surface area contributed by atoms with Crippen LogP contribution in [0.15, 0.2) is 12.2 Å². The molecule has 10 heavy (non-hydrogen) atoms. The summed E-state index contributed by atoms with van der Waals surface area (Å²) < 4.78 is 4.68. The Morgan fingerprint density at radius 3 is 2.70 bits per heavy atom. The molecule has 0 spiro atoms. The van der Waals surface area contributed by atoms with E-state index in [0.717, 1.165) is 12.2 Å². The molecule has 0 heterocycles. The molecule has 0 saturated heterocycles. The summed E-state index contributed by atoms with van der Waals surface area (Å²) in [5.74, 6) is -0.475. The van der Waals surface area contributed by atoms with Crippen molar-refractivity contribution in [2.45, 2.75) is 20.0 Å². The smallest absolute Gasteiger partial charge is 0.331 e. The minimum Gasteiger partial charge on any atom is -0.460 e. The Bertz CT molecular complexity index is 177. The highest BCUT2D eigenvalue weighted by molar-refractivity contribution is 5.82. The maximum absolute atomic E-state index is 10.6. The van der Waals surface area contributed by atoms with Crippen molar-refractivity contribution in [1.82, 2.24) is 0 Å². The molecule has 0 fully saturated rings. The third-order valence-electron chi connectivity index (χ3n) is 0.646. The third-order valence-corrected chi connectivity index (χ3v) is 0.646. The molecule has 0 rings (SSSR count). The number of nitrogens with zero attached hydrogens (tertiary/aromatic N) is 1. The molecule has 0 aromatic heterocycles. The van der Waals surface area contributed by atoms with Crippen LogP contribution in [0, 0.1) is 11.3 Å². The van der Waals surface area contributed by atoms with Gasteiger partial charge in [-0.25, -0.2) is 4.79 Å². The van der Waals surface area contributed by atoms with E-state index in [1.807, 2.05) is 0 Å². The zero-order valence-corrected chi connectivity index (χ0v) is 6.00. The molecule has 0 atom stereocenters. The summed E-state index contributed by atoms with van der Waals surface area (Å²) in [6.07, 6.45) is 2.06. The average molecular weight is 139 g/mol. The summed E-state index contributed by atoms with van der Waals surface area (Å²) in [6, 6.07) is 1.69. The first-order chi connectivity index (χ1) is 4.66. The Hall–Kier alpha value is -1.30. The molecular weight excluding hydrogens is 130 g/mol. The summed E-state index contributed by atoms with van der Waals surface area (Å²) in [5, 5.41) is 8.00. The Morgan fingerprint density at radius 2 is 2.30 bits per heavy atom. The summed E-state index contributed by atoms with van der Waals surface area (Å²) in [6.45, 7) is 3.50. The average Bonchev–Trinajstić information content (AvgIpc) is 1.82. The maximum atomic E-state index is 10.6. The minimum absolute atomic E-state index is 0.129. The van der Waals surface area contributed by atoms with Crippen molar-refractivity contribution in [3.63, 3.8) is 0 Å². The van der Waals surface area contributed by atoms with Crippen molar-refractivity contribution in [1.29, 1.82) is 5.26 Å². The SMILES string of the molecule is CC(C)OC(=O)/C=C\C#N. The van der Waals surface area contributed by atoms with Crippen LogP contribution in [0.5, 0.6) is 0 Å². The number of esters is 1. The molecule has 0 saturated carbocycles. The van der Waals surface area contributed by atoms with Gasteiger partial charge in [0.15, 0.2) is 0 Å². The van der Waals surface area contributed by atoms with E-state index in [1.165, 1.54) is 0 Å². The van der Waals surface area contributed by atoms with Crippen LogP contribution in [0.25, 0.3) is 0 Å². The quantitative estimate of drug-likeness (QED) is 0.326. The van der Waals surface area contributed by atoms with Gasteiger partial charge in [-0.05, 0) is 13.8 Å². The fourth-order valence-corrected chi connectivity index (χ4v) is 0.377. The van der Waals surface area contributed by atoms with Gasteiger partial charge in [0.1, 0.15) is 0 Å². The number of carbonyl (C=O) groups excluding carboxylic acids is 1. The van der Waals surface area contributed by atoms with Gasteiger partial charge in [0, 0.05) is 12.2 Å². The largest absolute Gasteiger partial charge is 0.460 e. The van der Waals surface area contributed by atoms with Gasteiger partial charge in [-0.15, -0.1) is 0 Å². The van der Waals surface area contributed by atoms with Gasteiger partial charge in [-0.1, -0.05) is 0 Å². The monoisotopic (exact) mass is 139 g/mol. The predicted molar refractivity (Wildman–Crippen MR) is 36.0 cm³/mol. The van der Waals surface area contributed by atoms with Crippen molar-refractivity contribution in [2.24, 2.45) is 0 Å². The number of hydrogen-bond acceptors (Lipinski definition) is 3. The summed E-state index contributed by atoms with van der Waals surface area (Å²) in [7, 11) is 0. The second-order valence-corrected chi connectivity index (χ2v) is 1.95. The van der Waals surface area contributed by atoms with Gasteiger partial charge in [-0.3, -0.25) is 0 Å². The maximum Gasteiger partial charge on any atom is 0.331 e. The lowest BCUT2D eigenvalue weighted by Crippen LogP contribution is -2.08. The van der Waals surface area contributed by atoms with Crippen LogP contribution in [-0.2, 0) is 9.53 Å². The first-order valence-corrected chi connectivity index (χ1v) is 2.93. The van der Waals surface area contributed by atoms with Crippen LogP contribution >= 0.6 is 0 Å². The summed E-state index contributed by atoms with van der Waals surface area (Å²) in [5.41, 5.74) is 0. The van der Waals surface area contributed by atoms with Gasteiger partial charge in [0.05, 0.1) is 12.2 Å². The molecule has 0 N–H and O–H groups in total. The standard InChI is InChI=1S/C7H9NO2/c1-6(2)10-7(9)4-3-5-8/h3-4,6H,1-2H3/b4-3-. The molecule has 3 heteroatoms. The molecule has 0 radical (unpaired) electrons. The number of hydrogen-bond donors (Lipinski definition) is 0. The zero-order chi connectivity index (χ0) is 7.98. The Balaban J connectivity index is 3.67. The van der Waals surface area contributed by atoms with Gasteiger partial charge < -0.3 is 4.74 Å². The lowest BCUT2D eigenvalue weighted by Gasteiger charge is -2.02. The number of carbonyl (C=O) groups is 1. The number of allylic oxidation sites excluding steroid dienone is 1. The van der Waals surface area contributed by atoms with E-state index in [2.05, 4.69) is 4.74 Å². The van der Waals surface area contributed by atoms with Gasteiger partial charge >= 0.3 is 5.97 Å². The highest BCUT2D eigenvalue weighted by Crippen LogP contribution is 1.89. The lowest BCUT2D eigenvalue weighted by atomic mass is 10.4. The highest BCUT2D eigenvalue weighted by atomic mass is 16.5. The molecular formula is C7H9NO2. The fraction of sp³-hybridized carbons (Fsp3) is 0.429. The molecule has 0 aromatic rings. The van der Waals surface area contributed by atoms with Crippen LogP contribution in [0.2, 0.25) is 0 Å². The lowest BCUT2D eigenvalue weighted by molar-refractivity contribution is -0.141. The second-order valence-electron chi connectivity index (χ2n) is 1.95. The highest BCUT2D eigenvalue weighted by Gasteiger charge is 1.98. The van der Waals surface area contributed by atoms with Gasteiger partial charge in [0.25, 0.3) is 0 Å². The van der Waals surface area contributed by atoms with Crippen LogP contribution in [0.4, 0.5) is 0 Å². The molecule has 0 amide bonds. The number of nitriles is 1.